The van der Waals surface area contributed by atoms with Gasteiger partial charge in [0.1, 0.15) is 5.69 Å². The van der Waals surface area contributed by atoms with Crippen LogP contribution in [0.2, 0.25) is 0 Å². The van der Waals surface area contributed by atoms with Gasteiger partial charge >= 0.3 is 0 Å². The summed E-state index contributed by atoms with van der Waals surface area (Å²) in [4.78, 5) is 24.9. The van der Waals surface area contributed by atoms with Gasteiger partial charge < -0.3 is 10.2 Å². The van der Waals surface area contributed by atoms with E-state index in [1.165, 1.54) is 0 Å². The van der Waals surface area contributed by atoms with Crippen LogP contribution in [0.1, 0.15) is 27.4 Å². The van der Waals surface area contributed by atoms with Gasteiger partial charge in [0.25, 0.3) is 11.8 Å². The summed E-state index contributed by atoms with van der Waals surface area (Å²) in [6.45, 7) is 1.39. The van der Waals surface area contributed by atoms with E-state index >= 15 is 0 Å². The van der Waals surface area contributed by atoms with Crippen LogP contribution >= 0.6 is 0 Å². The minimum Gasteiger partial charge on any atom is -0.354 e. The maximum atomic E-state index is 11.9. The van der Waals surface area contributed by atoms with Crippen molar-refractivity contribution in [1.82, 2.24) is 20.0 Å². The molecule has 1 aliphatic rings. The van der Waals surface area contributed by atoms with Crippen molar-refractivity contribution < 1.29 is 9.59 Å². The Morgan fingerprint density at radius 1 is 1.50 bits per heavy atom. The molecule has 1 aromatic rings. The first-order chi connectivity index (χ1) is 7.63. The van der Waals surface area contributed by atoms with Crippen molar-refractivity contribution in [2.24, 2.45) is 0 Å². The van der Waals surface area contributed by atoms with Gasteiger partial charge in [-0.25, -0.2) is 0 Å². The van der Waals surface area contributed by atoms with E-state index < -0.39 is 0 Å². The van der Waals surface area contributed by atoms with Crippen LogP contribution in [0.25, 0.3) is 0 Å². The third-order valence-electron chi connectivity index (χ3n) is 2.67. The average molecular weight is 222 g/mol. The zero-order valence-corrected chi connectivity index (χ0v) is 9.36. The van der Waals surface area contributed by atoms with Crippen LogP contribution in [-0.4, -0.2) is 47.1 Å². The molecule has 0 saturated carbocycles. The number of fused-ring (bicyclic) bond motifs is 1. The van der Waals surface area contributed by atoms with Crippen LogP contribution < -0.4 is 5.32 Å². The van der Waals surface area contributed by atoms with E-state index in [-0.39, 0.29) is 11.8 Å². The molecule has 1 N–H and O–H groups in total. The fourth-order valence-corrected chi connectivity index (χ4v) is 1.75. The smallest absolute Gasteiger partial charge is 0.271 e. The number of hydrogen-bond donors (Lipinski definition) is 1. The topological polar surface area (TPSA) is 67.2 Å². The molecule has 0 aliphatic carbocycles. The number of nitrogens with zero attached hydrogens (tertiary/aromatic N) is 3. The first kappa shape index (κ1) is 10.7. The van der Waals surface area contributed by atoms with Gasteiger partial charge in [0.2, 0.25) is 0 Å². The number of nitrogens with one attached hydrogen (secondary N) is 1. The number of amides is 2. The third kappa shape index (κ3) is 1.66. The van der Waals surface area contributed by atoms with Gasteiger partial charge in [0.15, 0.2) is 5.69 Å². The number of rotatable bonds is 1. The zero-order chi connectivity index (χ0) is 11.7. The van der Waals surface area contributed by atoms with Gasteiger partial charge in [-0.2, -0.15) is 5.10 Å². The molecule has 0 atom stereocenters. The highest BCUT2D eigenvalue weighted by Gasteiger charge is 2.23. The van der Waals surface area contributed by atoms with Crippen molar-refractivity contribution in [3.63, 3.8) is 0 Å². The van der Waals surface area contributed by atoms with Crippen molar-refractivity contribution in [2.45, 2.75) is 13.0 Å². The minimum atomic E-state index is -0.268. The van der Waals surface area contributed by atoms with Crippen molar-refractivity contribution in [1.29, 1.82) is 0 Å². The lowest BCUT2D eigenvalue weighted by Gasteiger charge is -2.11. The lowest BCUT2D eigenvalue weighted by atomic mass is 10.3. The Morgan fingerprint density at radius 2 is 2.25 bits per heavy atom. The monoisotopic (exact) mass is 222 g/mol. The lowest BCUT2D eigenvalue weighted by Crippen LogP contribution is -2.26. The Bertz CT molecular complexity index is 438. The fraction of sp³-hybridized carbons (Fsp3) is 0.500. The summed E-state index contributed by atoms with van der Waals surface area (Å²) in [5.41, 5.74) is 0.778. The molecule has 0 radical (unpaired) electrons. The molecular formula is C10H14N4O2. The highest BCUT2D eigenvalue weighted by molar-refractivity contribution is 5.97. The predicted octanol–water partition coefficient (Wildman–Crippen LogP) is -0.282. The molecule has 16 heavy (non-hydrogen) atoms. The van der Waals surface area contributed by atoms with E-state index in [1.54, 1.807) is 29.7 Å². The molecule has 6 heteroatoms. The summed E-state index contributed by atoms with van der Waals surface area (Å²) in [5, 5.41) is 6.62. The van der Waals surface area contributed by atoms with Crippen LogP contribution in [0, 0.1) is 0 Å². The zero-order valence-electron chi connectivity index (χ0n) is 9.36. The molecule has 1 aromatic heterocycles. The second-order valence-corrected chi connectivity index (χ2v) is 3.80. The molecule has 1 aliphatic heterocycles. The summed E-state index contributed by atoms with van der Waals surface area (Å²) in [6, 6.07) is 1.54. The maximum Gasteiger partial charge on any atom is 0.271 e. The summed E-state index contributed by atoms with van der Waals surface area (Å²) in [7, 11) is 3.30. The van der Waals surface area contributed by atoms with E-state index in [4.69, 9.17) is 0 Å². The van der Waals surface area contributed by atoms with Gasteiger partial charge in [0, 0.05) is 33.3 Å². The van der Waals surface area contributed by atoms with Crippen molar-refractivity contribution in [3.05, 3.63) is 17.5 Å². The van der Waals surface area contributed by atoms with Gasteiger partial charge in [-0.05, 0) is 6.42 Å². The van der Waals surface area contributed by atoms with Crippen LogP contribution in [0.5, 0.6) is 0 Å². The Balaban J connectivity index is 2.39. The Hall–Kier alpha value is -1.85. The SMILES string of the molecule is CNC(=O)c1cc2n(n1)CCCN(C)C2=O. The molecule has 86 valence electrons. The molecule has 0 fully saturated rings. The predicted molar refractivity (Wildman–Crippen MR) is 57.2 cm³/mol. The van der Waals surface area contributed by atoms with Crippen molar-refractivity contribution >= 4 is 11.8 Å². The largest absolute Gasteiger partial charge is 0.354 e. The van der Waals surface area contributed by atoms with E-state index in [9.17, 15) is 9.59 Å². The molecular weight excluding hydrogens is 208 g/mol. The quantitative estimate of drug-likeness (QED) is 0.710. The molecule has 2 amide bonds. The molecule has 2 rings (SSSR count). The Labute approximate surface area is 93.2 Å². The maximum absolute atomic E-state index is 11.9. The minimum absolute atomic E-state index is 0.0832. The number of carbonyl (C=O) groups excluding carboxylic acids is 2. The molecule has 0 unspecified atom stereocenters. The molecule has 0 aromatic carbocycles. The molecule has 0 spiro atoms. The van der Waals surface area contributed by atoms with Crippen molar-refractivity contribution in [3.8, 4) is 0 Å². The van der Waals surface area contributed by atoms with E-state index in [0.29, 0.717) is 17.9 Å². The van der Waals surface area contributed by atoms with Crippen molar-refractivity contribution in [2.75, 3.05) is 20.6 Å². The molecule has 6 nitrogen and oxygen atoms in total. The van der Waals surface area contributed by atoms with E-state index in [1.807, 2.05) is 0 Å². The molecule has 0 bridgehead atoms. The highest BCUT2D eigenvalue weighted by Crippen LogP contribution is 2.12. The standard InChI is InChI=1S/C10H14N4O2/c1-11-9(15)7-6-8-10(16)13(2)4-3-5-14(8)12-7/h6H,3-5H2,1-2H3,(H,11,15). The third-order valence-corrected chi connectivity index (χ3v) is 2.67. The van der Waals surface area contributed by atoms with Crippen LogP contribution in [0.15, 0.2) is 6.07 Å². The van der Waals surface area contributed by atoms with Crippen LogP contribution in [0.4, 0.5) is 0 Å². The van der Waals surface area contributed by atoms with E-state index in [2.05, 4.69) is 10.4 Å². The van der Waals surface area contributed by atoms with E-state index in [0.717, 1.165) is 13.0 Å². The Morgan fingerprint density at radius 3 is 2.94 bits per heavy atom. The molecule has 0 saturated heterocycles. The van der Waals surface area contributed by atoms with Crippen LogP contribution in [0.3, 0.4) is 0 Å². The molecule has 2 heterocycles. The summed E-state index contributed by atoms with van der Waals surface area (Å²) in [5.74, 6) is -0.351. The van der Waals surface area contributed by atoms with Gasteiger partial charge in [0.05, 0.1) is 0 Å². The second kappa shape index (κ2) is 3.96. The number of aromatic nitrogens is 2. The fourth-order valence-electron chi connectivity index (χ4n) is 1.75. The first-order valence-corrected chi connectivity index (χ1v) is 5.19. The summed E-state index contributed by atoms with van der Waals surface area (Å²) >= 11 is 0. The van der Waals surface area contributed by atoms with Gasteiger partial charge in [-0.3, -0.25) is 14.3 Å². The number of hydrogen-bond acceptors (Lipinski definition) is 3. The normalized spacial score (nSPS) is 15.6. The summed E-state index contributed by atoms with van der Waals surface area (Å²) in [6.07, 6.45) is 0.851. The van der Waals surface area contributed by atoms with Gasteiger partial charge in [-0.15, -0.1) is 0 Å². The second-order valence-electron chi connectivity index (χ2n) is 3.80. The van der Waals surface area contributed by atoms with Gasteiger partial charge in [-0.1, -0.05) is 0 Å². The Kier molecular flexibility index (Phi) is 2.64. The number of carbonyl (C=O) groups is 2. The summed E-state index contributed by atoms with van der Waals surface area (Å²) < 4.78 is 1.61. The average Bonchev–Trinajstić information content (AvgIpc) is 2.66. The lowest BCUT2D eigenvalue weighted by molar-refractivity contribution is 0.0796. The highest BCUT2D eigenvalue weighted by atomic mass is 16.2. The first-order valence-electron chi connectivity index (χ1n) is 5.19. The van der Waals surface area contributed by atoms with Crippen LogP contribution in [-0.2, 0) is 6.54 Å². The number of aryl methyl sites for hydroxylation is 1.